The Kier molecular flexibility index (Phi) is 6.93. The second-order valence-corrected chi connectivity index (χ2v) is 9.44. The number of allylic oxidation sites excluding steroid dienone is 1. The third kappa shape index (κ3) is 4.81. The molecular formula is C27H25N5O4S. The van der Waals surface area contributed by atoms with Gasteiger partial charge in [-0.3, -0.25) is 9.36 Å². The van der Waals surface area contributed by atoms with Gasteiger partial charge in [0.1, 0.15) is 0 Å². The van der Waals surface area contributed by atoms with Gasteiger partial charge in [0.15, 0.2) is 4.80 Å². The first-order valence-electron chi connectivity index (χ1n) is 11.9. The molecule has 1 N–H and O–H groups in total. The molecule has 0 saturated heterocycles. The minimum Gasteiger partial charge on any atom is -0.463 e. The number of aromatic nitrogens is 4. The van der Waals surface area contributed by atoms with E-state index in [1.807, 2.05) is 60.7 Å². The van der Waals surface area contributed by atoms with E-state index < -0.39 is 12.0 Å². The molecule has 1 atom stereocenters. The monoisotopic (exact) mass is 515 g/mol. The molecule has 0 radical (unpaired) electrons. The summed E-state index contributed by atoms with van der Waals surface area (Å²) in [6.07, 6.45) is 4.04. The Labute approximate surface area is 216 Å². The molecule has 1 aliphatic heterocycles. The van der Waals surface area contributed by atoms with Gasteiger partial charge in [0.05, 0.1) is 46.0 Å². The molecule has 0 spiro atoms. The number of carbonyl (C=O) groups excluding carboxylic acids is 1. The molecule has 1 unspecified atom stereocenters. The highest BCUT2D eigenvalue weighted by atomic mass is 32.1. The van der Waals surface area contributed by atoms with E-state index in [2.05, 4.69) is 15.3 Å². The SMILES string of the molecule is CCOC(=O)C1=C(C)N=c2s/c(=C\c3ccc(-n4cc(CCO)nn4)cc3)c(=O)n2C1c1ccccc1. The Morgan fingerprint density at radius 3 is 2.62 bits per heavy atom. The standard InChI is InChI=1S/C27H25N5O4S/c1-3-36-26(35)23-17(2)28-27-32(24(23)19-7-5-4-6-8-19)25(34)22(37-27)15-18-9-11-21(12-10-18)31-16-20(13-14-33)29-30-31/h4-12,15-16,24,33H,3,13-14H2,1-2H3/b22-15-. The van der Waals surface area contributed by atoms with Crippen LogP contribution in [0.2, 0.25) is 0 Å². The largest absolute Gasteiger partial charge is 0.463 e. The summed E-state index contributed by atoms with van der Waals surface area (Å²) >= 11 is 1.29. The first kappa shape index (κ1) is 24.5. The Morgan fingerprint density at radius 1 is 1.16 bits per heavy atom. The van der Waals surface area contributed by atoms with Crippen molar-refractivity contribution in [3.05, 3.63) is 109 Å². The second-order valence-electron chi connectivity index (χ2n) is 8.43. The summed E-state index contributed by atoms with van der Waals surface area (Å²) in [5.41, 5.74) is 3.85. The van der Waals surface area contributed by atoms with Crippen LogP contribution >= 0.6 is 11.3 Å². The average Bonchev–Trinajstić information content (AvgIpc) is 3.49. The van der Waals surface area contributed by atoms with E-state index in [1.54, 1.807) is 29.3 Å². The summed E-state index contributed by atoms with van der Waals surface area (Å²) in [6, 6.07) is 16.4. The number of rotatable bonds is 7. The smallest absolute Gasteiger partial charge is 0.338 e. The van der Waals surface area contributed by atoms with Gasteiger partial charge in [-0.2, -0.15) is 0 Å². The van der Waals surface area contributed by atoms with Crippen molar-refractivity contribution >= 4 is 23.4 Å². The number of nitrogens with zero attached hydrogens (tertiary/aromatic N) is 5. The molecule has 2 aromatic carbocycles. The second kappa shape index (κ2) is 10.5. The molecule has 10 heteroatoms. The van der Waals surface area contributed by atoms with E-state index >= 15 is 0 Å². The van der Waals surface area contributed by atoms with E-state index in [0.717, 1.165) is 16.8 Å². The van der Waals surface area contributed by atoms with Crippen LogP contribution < -0.4 is 14.9 Å². The van der Waals surface area contributed by atoms with Crippen molar-refractivity contribution in [3.63, 3.8) is 0 Å². The molecule has 0 aliphatic carbocycles. The molecular weight excluding hydrogens is 490 g/mol. The van der Waals surface area contributed by atoms with Gasteiger partial charge in [0.2, 0.25) is 0 Å². The number of aliphatic hydroxyl groups is 1. The van der Waals surface area contributed by atoms with Crippen molar-refractivity contribution in [1.29, 1.82) is 0 Å². The van der Waals surface area contributed by atoms with Crippen LogP contribution in [0.4, 0.5) is 0 Å². The van der Waals surface area contributed by atoms with Crippen LogP contribution in [-0.2, 0) is 16.0 Å². The van der Waals surface area contributed by atoms with Crippen LogP contribution in [0.25, 0.3) is 11.8 Å². The minimum atomic E-state index is -0.624. The predicted molar refractivity (Wildman–Crippen MR) is 139 cm³/mol. The molecule has 1 aliphatic rings. The van der Waals surface area contributed by atoms with E-state index in [4.69, 9.17) is 9.84 Å². The number of thiazole rings is 1. The molecule has 5 rings (SSSR count). The normalized spacial score (nSPS) is 15.4. The zero-order chi connectivity index (χ0) is 25.9. The predicted octanol–water partition coefficient (Wildman–Crippen LogP) is 1.91. The fourth-order valence-electron chi connectivity index (χ4n) is 4.27. The lowest BCUT2D eigenvalue weighted by Gasteiger charge is -2.24. The zero-order valence-electron chi connectivity index (χ0n) is 20.4. The van der Waals surface area contributed by atoms with Crippen LogP contribution in [0, 0.1) is 0 Å². The zero-order valence-corrected chi connectivity index (χ0v) is 21.2. The van der Waals surface area contributed by atoms with Crippen LogP contribution in [-0.4, -0.2) is 43.9 Å². The maximum absolute atomic E-state index is 13.7. The van der Waals surface area contributed by atoms with Gasteiger partial charge in [-0.05, 0) is 43.2 Å². The highest BCUT2D eigenvalue weighted by Gasteiger charge is 2.33. The molecule has 0 saturated carbocycles. The fourth-order valence-corrected chi connectivity index (χ4v) is 5.32. The molecule has 0 fully saturated rings. The van der Waals surface area contributed by atoms with Gasteiger partial charge in [-0.1, -0.05) is 59.0 Å². The van der Waals surface area contributed by atoms with Crippen molar-refractivity contribution in [2.24, 2.45) is 4.99 Å². The number of hydrogen-bond donors (Lipinski definition) is 1. The molecule has 188 valence electrons. The third-order valence-corrected chi connectivity index (χ3v) is 6.98. The average molecular weight is 516 g/mol. The van der Waals surface area contributed by atoms with Crippen molar-refractivity contribution in [2.45, 2.75) is 26.3 Å². The summed E-state index contributed by atoms with van der Waals surface area (Å²) < 4.78 is 9.06. The summed E-state index contributed by atoms with van der Waals surface area (Å²) in [5.74, 6) is -0.474. The number of fused-ring (bicyclic) bond motifs is 1. The molecule has 37 heavy (non-hydrogen) atoms. The fraction of sp³-hybridized carbons (Fsp3) is 0.222. The number of esters is 1. The van der Waals surface area contributed by atoms with Crippen molar-refractivity contribution in [1.82, 2.24) is 19.6 Å². The maximum Gasteiger partial charge on any atom is 0.338 e. The minimum absolute atomic E-state index is 0.0145. The van der Waals surface area contributed by atoms with Crippen molar-refractivity contribution < 1.29 is 14.6 Å². The molecule has 9 nitrogen and oxygen atoms in total. The van der Waals surface area contributed by atoms with E-state index in [-0.39, 0.29) is 18.8 Å². The Morgan fingerprint density at radius 2 is 1.92 bits per heavy atom. The summed E-state index contributed by atoms with van der Waals surface area (Å²) in [4.78, 5) is 31.7. The number of hydrogen-bond acceptors (Lipinski definition) is 8. The lowest BCUT2D eigenvalue weighted by atomic mass is 9.96. The topological polar surface area (TPSA) is 112 Å². The third-order valence-electron chi connectivity index (χ3n) is 6.00. The van der Waals surface area contributed by atoms with E-state index in [1.165, 1.54) is 11.3 Å². The number of ether oxygens (including phenoxy) is 1. The van der Waals surface area contributed by atoms with E-state index in [0.29, 0.717) is 32.7 Å². The van der Waals surface area contributed by atoms with Gasteiger partial charge < -0.3 is 9.84 Å². The number of carbonyl (C=O) groups is 1. The summed E-state index contributed by atoms with van der Waals surface area (Å²) in [6.45, 7) is 3.77. The van der Waals surface area contributed by atoms with Crippen LogP contribution in [0.15, 0.2) is 81.9 Å². The van der Waals surface area contributed by atoms with Gasteiger partial charge in [-0.25, -0.2) is 14.5 Å². The highest BCUT2D eigenvalue weighted by Crippen LogP contribution is 2.30. The van der Waals surface area contributed by atoms with Crippen LogP contribution in [0.3, 0.4) is 0 Å². The first-order chi connectivity index (χ1) is 18.0. The van der Waals surface area contributed by atoms with Crippen molar-refractivity contribution in [3.8, 4) is 5.69 Å². The van der Waals surface area contributed by atoms with Gasteiger partial charge in [0, 0.05) is 13.0 Å². The molecule has 0 amide bonds. The molecule has 2 aromatic heterocycles. The van der Waals surface area contributed by atoms with Crippen LogP contribution in [0.1, 0.15) is 36.7 Å². The molecule has 0 bridgehead atoms. The maximum atomic E-state index is 13.7. The van der Waals surface area contributed by atoms with Gasteiger partial charge >= 0.3 is 5.97 Å². The first-order valence-corrected chi connectivity index (χ1v) is 12.7. The lowest BCUT2D eigenvalue weighted by Crippen LogP contribution is -2.39. The molecule has 3 heterocycles. The highest BCUT2D eigenvalue weighted by molar-refractivity contribution is 7.07. The van der Waals surface area contributed by atoms with Crippen LogP contribution in [0.5, 0.6) is 0 Å². The Hall–Kier alpha value is -4.15. The summed E-state index contributed by atoms with van der Waals surface area (Å²) in [5, 5.41) is 17.2. The quantitative estimate of drug-likeness (QED) is 0.377. The Balaban J connectivity index is 1.56. The summed E-state index contributed by atoms with van der Waals surface area (Å²) in [7, 11) is 0. The molecule has 4 aromatic rings. The van der Waals surface area contributed by atoms with Crippen molar-refractivity contribution in [2.75, 3.05) is 13.2 Å². The number of benzene rings is 2. The Bertz CT molecular complexity index is 1650. The lowest BCUT2D eigenvalue weighted by molar-refractivity contribution is -0.139. The van der Waals surface area contributed by atoms with Gasteiger partial charge in [-0.15, -0.1) is 5.10 Å². The van der Waals surface area contributed by atoms with Gasteiger partial charge in [0.25, 0.3) is 5.56 Å². The van der Waals surface area contributed by atoms with E-state index in [9.17, 15) is 9.59 Å². The number of aliphatic hydroxyl groups excluding tert-OH is 1.